The summed E-state index contributed by atoms with van der Waals surface area (Å²) >= 11 is 0. The van der Waals surface area contributed by atoms with Crippen molar-refractivity contribution in [3.8, 4) is 0 Å². The first-order valence-corrected chi connectivity index (χ1v) is 10.2. The van der Waals surface area contributed by atoms with Crippen molar-refractivity contribution in [2.24, 2.45) is 0 Å². The molecule has 6 heteroatoms. The number of carbonyl (C=O) groups is 1. The van der Waals surface area contributed by atoms with E-state index in [1.165, 1.54) is 22.3 Å². The van der Waals surface area contributed by atoms with Gasteiger partial charge in [0.2, 0.25) is 5.91 Å². The van der Waals surface area contributed by atoms with Crippen LogP contribution in [0.2, 0.25) is 0 Å². The average molecular weight is 377 g/mol. The zero-order chi connectivity index (χ0) is 19.1. The lowest BCUT2D eigenvalue weighted by Crippen LogP contribution is -2.55. The lowest BCUT2D eigenvalue weighted by Gasteiger charge is -2.49. The van der Waals surface area contributed by atoms with Crippen molar-refractivity contribution in [3.63, 3.8) is 0 Å². The van der Waals surface area contributed by atoms with Crippen molar-refractivity contribution in [3.05, 3.63) is 53.7 Å². The summed E-state index contributed by atoms with van der Waals surface area (Å²) in [5.41, 5.74) is 4.83. The minimum absolute atomic E-state index is 0.0127. The Morgan fingerprint density at radius 2 is 2.00 bits per heavy atom. The number of rotatable bonds is 3. The zero-order valence-corrected chi connectivity index (χ0v) is 16.4. The molecule has 3 aromatic rings. The van der Waals surface area contributed by atoms with Gasteiger partial charge in [-0.15, -0.1) is 0 Å². The SMILES string of the molecule is CN1CCc2[nH]cnc2C12CCN(C(=O)CCc1c[nH]c3ccccc13)CC2. The minimum atomic E-state index is -0.0127. The third-order valence-corrected chi connectivity index (χ3v) is 6.81. The first-order valence-electron chi connectivity index (χ1n) is 10.2. The number of aromatic nitrogens is 3. The highest BCUT2D eigenvalue weighted by Gasteiger charge is 2.45. The molecule has 0 radical (unpaired) electrons. The Morgan fingerprint density at radius 1 is 1.18 bits per heavy atom. The standard InChI is InChI=1S/C22H27N5O/c1-26-11-8-19-21(25-15-24-19)22(26)9-12-27(13-10-22)20(28)7-6-16-14-23-18-5-3-2-4-17(16)18/h2-5,14-15,23H,6-13H2,1H3,(H,24,25). The first-order chi connectivity index (χ1) is 13.7. The van der Waals surface area contributed by atoms with Crippen LogP contribution < -0.4 is 0 Å². The van der Waals surface area contributed by atoms with Crippen LogP contribution in [0.5, 0.6) is 0 Å². The van der Waals surface area contributed by atoms with Crippen molar-refractivity contribution in [1.82, 2.24) is 24.8 Å². The lowest BCUT2D eigenvalue weighted by atomic mass is 9.79. The quantitative estimate of drug-likeness (QED) is 0.738. The van der Waals surface area contributed by atoms with Gasteiger partial charge in [-0.3, -0.25) is 9.69 Å². The second-order valence-corrected chi connectivity index (χ2v) is 8.17. The number of piperidine rings is 1. The molecule has 0 aliphatic carbocycles. The van der Waals surface area contributed by atoms with Gasteiger partial charge in [0, 0.05) is 55.3 Å². The van der Waals surface area contributed by atoms with Gasteiger partial charge in [-0.25, -0.2) is 4.98 Å². The predicted molar refractivity (Wildman–Crippen MR) is 109 cm³/mol. The fraction of sp³-hybridized carbons (Fsp3) is 0.455. The van der Waals surface area contributed by atoms with E-state index in [4.69, 9.17) is 0 Å². The number of hydrogen-bond acceptors (Lipinski definition) is 3. The number of H-pyrrole nitrogens is 2. The van der Waals surface area contributed by atoms with Gasteiger partial charge in [-0.05, 0) is 37.9 Å². The molecule has 2 aromatic heterocycles. The summed E-state index contributed by atoms with van der Waals surface area (Å²) in [7, 11) is 2.20. The highest BCUT2D eigenvalue weighted by Crippen LogP contribution is 2.41. The van der Waals surface area contributed by atoms with E-state index in [-0.39, 0.29) is 11.4 Å². The van der Waals surface area contributed by atoms with Crippen molar-refractivity contribution in [2.75, 3.05) is 26.7 Å². The van der Waals surface area contributed by atoms with Gasteiger partial charge in [0.15, 0.2) is 0 Å². The molecule has 6 nitrogen and oxygen atoms in total. The van der Waals surface area contributed by atoms with Gasteiger partial charge in [0.25, 0.3) is 0 Å². The lowest BCUT2D eigenvalue weighted by molar-refractivity contribution is -0.134. The summed E-state index contributed by atoms with van der Waals surface area (Å²) in [6.45, 7) is 2.66. The molecular formula is C22H27N5O. The molecule has 4 heterocycles. The third-order valence-electron chi connectivity index (χ3n) is 6.81. The minimum Gasteiger partial charge on any atom is -0.361 e. The number of likely N-dealkylation sites (N-methyl/N-ethyl adjacent to an activating group) is 1. The molecule has 1 amide bonds. The Kier molecular flexibility index (Phi) is 4.23. The summed E-state index contributed by atoms with van der Waals surface area (Å²) in [6.07, 6.45) is 8.16. The molecule has 5 rings (SSSR count). The van der Waals surface area contributed by atoms with Crippen LogP contribution in [-0.4, -0.2) is 57.3 Å². The summed E-state index contributed by atoms with van der Waals surface area (Å²) in [5, 5.41) is 1.22. The summed E-state index contributed by atoms with van der Waals surface area (Å²) in [5.74, 6) is 0.265. The molecule has 1 fully saturated rings. The number of hydrogen-bond donors (Lipinski definition) is 2. The maximum atomic E-state index is 12.9. The van der Waals surface area contributed by atoms with Crippen LogP contribution in [0.4, 0.5) is 0 Å². The molecule has 0 saturated carbocycles. The molecule has 28 heavy (non-hydrogen) atoms. The number of imidazole rings is 1. The van der Waals surface area contributed by atoms with Crippen LogP contribution >= 0.6 is 0 Å². The van der Waals surface area contributed by atoms with Gasteiger partial charge in [0.05, 0.1) is 17.6 Å². The molecule has 2 aliphatic rings. The van der Waals surface area contributed by atoms with Crippen LogP contribution in [0, 0.1) is 0 Å². The number of benzene rings is 1. The number of fused-ring (bicyclic) bond motifs is 3. The van der Waals surface area contributed by atoms with E-state index < -0.39 is 0 Å². The fourth-order valence-electron chi connectivity index (χ4n) is 5.07. The van der Waals surface area contributed by atoms with Crippen LogP contribution in [0.25, 0.3) is 10.9 Å². The summed E-state index contributed by atoms with van der Waals surface area (Å²) < 4.78 is 0. The van der Waals surface area contributed by atoms with Crippen LogP contribution in [-0.2, 0) is 23.2 Å². The predicted octanol–water partition coefficient (Wildman–Crippen LogP) is 2.83. The van der Waals surface area contributed by atoms with E-state index in [0.717, 1.165) is 50.8 Å². The number of aromatic amines is 2. The molecule has 2 aliphatic heterocycles. The zero-order valence-electron chi connectivity index (χ0n) is 16.4. The van der Waals surface area contributed by atoms with E-state index >= 15 is 0 Å². The largest absolute Gasteiger partial charge is 0.361 e. The number of amides is 1. The maximum absolute atomic E-state index is 12.9. The van der Waals surface area contributed by atoms with Crippen LogP contribution in [0.3, 0.4) is 0 Å². The number of aryl methyl sites for hydroxylation is 1. The maximum Gasteiger partial charge on any atom is 0.222 e. The molecule has 0 unspecified atom stereocenters. The van der Waals surface area contributed by atoms with E-state index in [0.29, 0.717) is 6.42 Å². The summed E-state index contributed by atoms with van der Waals surface area (Å²) in [6, 6.07) is 8.28. The van der Waals surface area contributed by atoms with Crippen molar-refractivity contribution in [2.45, 2.75) is 37.6 Å². The number of carbonyl (C=O) groups excluding carboxylic acids is 1. The van der Waals surface area contributed by atoms with Crippen LogP contribution in [0.1, 0.15) is 36.2 Å². The smallest absolute Gasteiger partial charge is 0.222 e. The normalized spacial score (nSPS) is 19.2. The van der Waals surface area contributed by atoms with E-state index in [2.05, 4.69) is 50.0 Å². The van der Waals surface area contributed by atoms with Crippen LogP contribution in [0.15, 0.2) is 36.8 Å². The Morgan fingerprint density at radius 3 is 2.86 bits per heavy atom. The molecule has 2 N–H and O–H groups in total. The Labute approximate surface area is 164 Å². The average Bonchev–Trinajstić information content (AvgIpc) is 3.37. The fourth-order valence-corrected chi connectivity index (χ4v) is 5.07. The van der Waals surface area contributed by atoms with Crippen molar-refractivity contribution in [1.29, 1.82) is 0 Å². The van der Waals surface area contributed by atoms with E-state index in [1.54, 1.807) is 0 Å². The monoisotopic (exact) mass is 377 g/mol. The number of nitrogens with zero attached hydrogens (tertiary/aromatic N) is 3. The number of likely N-dealkylation sites (tertiary alicyclic amines) is 1. The van der Waals surface area contributed by atoms with Gasteiger partial charge < -0.3 is 14.9 Å². The molecule has 0 bridgehead atoms. The highest BCUT2D eigenvalue weighted by molar-refractivity contribution is 5.84. The van der Waals surface area contributed by atoms with E-state index in [9.17, 15) is 4.79 Å². The second-order valence-electron chi connectivity index (χ2n) is 8.17. The Balaban J connectivity index is 1.24. The second kappa shape index (κ2) is 6.78. The topological polar surface area (TPSA) is 68.0 Å². The third kappa shape index (κ3) is 2.75. The molecule has 146 valence electrons. The first kappa shape index (κ1) is 17.5. The molecule has 1 spiro atoms. The van der Waals surface area contributed by atoms with Crippen molar-refractivity contribution >= 4 is 16.8 Å². The highest BCUT2D eigenvalue weighted by atomic mass is 16.2. The van der Waals surface area contributed by atoms with Crippen molar-refractivity contribution < 1.29 is 4.79 Å². The van der Waals surface area contributed by atoms with Gasteiger partial charge in [0.1, 0.15) is 0 Å². The Hall–Kier alpha value is -2.60. The number of para-hydroxylation sites is 1. The molecular weight excluding hydrogens is 350 g/mol. The number of nitrogens with one attached hydrogen (secondary N) is 2. The Bertz CT molecular complexity index is 995. The van der Waals surface area contributed by atoms with E-state index in [1.807, 2.05) is 18.6 Å². The summed E-state index contributed by atoms with van der Waals surface area (Å²) in [4.78, 5) is 28.6. The molecule has 1 aromatic carbocycles. The molecule has 1 saturated heterocycles. The van der Waals surface area contributed by atoms with Gasteiger partial charge in [-0.2, -0.15) is 0 Å². The van der Waals surface area contributed by atoms with Gasteiger partial charge >= 0.3 is 0 Å². The van der Waals surface area contributed by atoms with Gasteiger partial charge in [-0.1, -0.05) is 18.2 Å². The molecule has 0 atom stereocenters.